The molecule has 0 radical (unpaired) electrons. The van der Waals surface area contributed by atoms with Crippen LogP contribution in [-0.4, -0.2) is 32.8 Å². The topological polar surface area (TPSA) is 64.1 Å². The molecule has 0 fully saturated rings. The number of ether oxygens (including phenoxy) is 3. The summed E-state index contributed by atoms with van der Waals surface area (Å²) in [6, 6.07) is 14.1. The number of anilines is 1. The van der Waals surface area contributed by atoms with E-state index in [0.717, 1.165) is 24.4 Å². The Bertz CT molecular complexity index is 751. The first-order chi connectivity index (χ1) is 13.7. The highest BCUT2D eigenvalue weighted by Crippen LogP contribution is 2.30. The van der Waals surface area contributed by atoms with E-state index in [-0.39, 0.29) is 24.0 Å². The lowest BCUT2D eigenvalue weighted by atomic mass is 10.1. The van der Waals surface area contributed by atoms with Crippen LogP contribution in [0.3, 0.4) is 0 Å². The van der Waals surface area contributed by atoms with Gasteiger partial charge in [-0.2, -0.15) is 0 Å². The predicted molar refractivity (Wildman–Crippen MR) is 130 cm³/mol. The highest BCUT2D eigenvalue weighted by molar-refractivity contribution is 14.0. The van der Waals surface area contributed by atoms with Crippen molar-refractivity contribution in [3.63, 3.8) is 0 Å². The molecular weight excluding hydrogens is 481 g/mol. The van der Waals surface area contributed by atoms with Crippen molar-refractivity contribution in [2.45, 2.75) is 33.9 Å². The van der Waals surface area contributed by atoms with Crippen LogP contribution in [0, 0.1) is 0 Å². The van der Waals surface area contributed by atoms with Crippen LogP contribution in [0.2, 0.25) is 0 Å². The smallest absolute Gasteiger partial charge is 0.196 e. The minimum atomic E-state index is 0. The van der Waals surface area contributed by atoms with Crippen LogP contribution in [0.5, 0.6) is 11.5 Å². The van der Waals surface area contributed by atoms with Gasteiger partial charge >= 0.3 is 0 Å². The van der Waals surface area contributed by atoms with E-state index in [1.165, 1.54) is 5.56 Å². The maximum Gasteiger partial charge on any atom is 0.196 e. The first-order valence-corrected chi connectivity index (χ1v) is 9.71. The van der Waals surface area contributed by atoms with E-state index >= 15 is 0 Å². The van der Waals surface area contributed by atoms with E-state index in [9.17, 15) is 0 Å². The second kappa shape index (κ2) is 14.1. The summed E-state index contributed by atoms with van der Waals surface area (Å²) in [5, 5.41) is 6.59. The molecule has 0 aliphatic heterocycles. The number of methoxy groups -OCH3 is 1. The maximum atomic E-state index is 5.64. The number of hydrogen-bond donors (Lipinski definition) is 2. The molecule has 0 amide bonds. The monoisotopic (exact) mass is 513 g/mol. The van der Waals surface area contributed by atoms with Crippen molar-refractivity contribution in [1.82, 2.24) is 5.32 Å². The fourth-order valence-electron chi connectivity index (χ4n) is 2.60. The number of guanidine groups is 1. The van der Waals surface area contributed by atoms with E-state index in [4.69, 9.17) is 14.2 Å². The molecule has 2 rings (SSSR count). The third kappa shape index (κ3) is 8.49. The van der Waals surface area contributed by atoms with Crippen molar-refractivity contribution >= 4 is 35.6 Å². The molecule has 2 N–H and O–H groups in total. The van der Waals surface area contributed by atoms with Crippen LogP contribution >= 0.6 is 24.0 Å². The Labute approximate surface area is 191 Å². The van der Waals surface area contributed by atoms with Gasteiger partial charge in [-0.15, -0.1) is 24.0 Å². The Kier molecular flexibility index (Phi) is 12.1. The molecule has 0 atom stereocenters. The number of hydrogen-bond acceptors (Lipinski definition) is 4. The first kappa shape index (κ1) is 25.0. The van der Waals surface area contributed by atoms with E-state index < -0.39 is 0 Å². The standard InChI is InChI=1S/C22H31N3O3.HI/c1-5-23-22(24-15-17-8-10-18(11-9-17)16-27-6-2)25-19-12-13-20(26-4)21(14-19)28-7-3;/h8-14H,5-7,15-16H2,1-4H3,(H2,23,24,25);1H. The fourth-order valence-corrected chi connectivity index (χ4v) is 2.60. The van der Waals surface area contributed by atoms with Crippen LogP contribution in [0.4, 0.5) is 5.69 Å². The van der Waals surface area contributed by atoms with E-state index in [0.29, 0.717) is 37.2 Å². The Morgan fingerprint density at radius 3 is 2.28 bits per heavy atom. The third-order valence-corrected chi connectivity index (χ3v) is 3.99. The highest BCUT2D eigenvalue weighted by atomic mass is 127. The van der Waals surface area contributed by atoms with Gasteiger partial charge in [0.15, 0.2) is 17.5 Å². The zero-order valence-electron chi connectivity index (χ0n) is 17.7. The summed E-state index contributed by atoms with van der Waals surface area (Å²) < 4.78 is 16.4. The lowest BCUT2D eigenvalue weighted by Gasteiger charge is -2.14. The number of nitrogens with zero attached hydrogens (tertiary/aromatic N) is 1. The summed E-state index contributed by atoms with van der Waals surface area (Å²) in [6.45, 7) is 9.28. The SMILES string of the molecule is CCNC(=NCc1ccc(COCC)cc1)Nc1ccc(OC)c(OCC)c1.I. The molecule has 0 saturated heterocycles. The Balaban J connectivity index is 0.00000420. The van der Waals surface area contributed by atoms with E-state index in [1.54, 1.807) is 7.11 Å². The van der Waals surface area contributed by atoms with Gasteiger partial charge in [-0.3, -0.25) is 0 Å². The second-order valence-electron chi connectivity index (χ2n) is 6.07. The largest absolute Gasteiger partial charge is 0.493 e. The summed E-state index contributed by atoms with van der Waals surface area (Å²) in [5.74, 6) is 2.13. The number of aliphatic imine (C=N–C) groups is 1. The van der Waals surface area contributed by atoms with Gasteiger partial charge in [-0.1, -0.05) is 24.3 Å². The van der Waals surface area contributed by atoms with Crippen LogP contribution in [0.15, 0.2) is 47.5 Å². The van der Waals surface area contributed by atoms with Gasteiger partial charge in [0.1, 0.15) is 0 Å². The van der Waals surface area contributed by atoms with Gasteiger partial charge in [0, 0.05) is 24.9 Å². The van der Waals surface area contributed by atoms with Crippen LogP contribution < -0.4 is 20.1 Å². The Morgan fingerprint density at radius 1 is 0.931 bits per heavy atom. The summed E-state index contributed by atoms with van der Waals surface area (Å²) in [5.41, 5.74) is 3.19. The van der Waals surface area contributed by atoms with E-state index in [2.05, 4.69) is 39.9 Å². The molecular formula is C22H32IN3O3. The molecule has 2 aromatic carbocycles. The number of halogens is 1. The van der Waals surface area contributed by atoms with Gasteiger partial charge in [0.25, 0.3) is 0 Å². The van der Waals surface area contributed by atoms with Crippen LogP contribution in [0.25, 0.3) is 0 Å². The van der Waals surface area contributed by atoms with Gasteiger partial charge in [0.2, 0.25) is 0 Å². The Morgan fingerprint density at radius 2 is 1.66 bits per heavy atom. The minimum Gasteiger partial charge on any atom is -0.493 e. The summed E-state index contributed by atoms with van der Waals surface area (Å²) >= 11 is 0. The zero-order chi connectivity index (χ0) is 20.2. The van der Waals surface area contributed by atoms with Gasteiger partial charge < -0.3 is 24.8 Å². The minimum absolute atomic E-state index is 0. The first-order valence-electron chi connectivity index (χ1n) is 9.71. The number of nitrogens with one attached hydrogen (secondary N) is 2. The molecule has 0 aromatic heterocycles. The highest BCUT2D eigenvalue weighted by Gasteiger charge is 2.07. The summed E-state index contributed by atoms with van der Waals surface area (Å²) in [6.07, 6.45) is 0. The lowest BCUT2D eigenvalue weighted by molar-refractivity contribution is 0.134. The van der Waals surface area contributed by atoms with Crippen molar-refractivity contribution in [2.24, 2.45) is 4.99 Å². The van der Waals surface area contributed by atoms with Gasteiger partial charge in [-0.05, 0) is 44.0 Å². The third-order valence-electron chi connectivity index (χ3n) is 3.99. The fraction of sp³-hybridized carbons (Fsp3) is 0.409. The molecule has 29 heavy (non-hydrogen) atoms. The van der Waals surface area contributed by atoms with Crippen molar-refractivity contribution < 1.29 is 14.2 Å². The summed E-state index contributed by atoms with van der Waals surface area (Å²) in [7, 11) is 1.64. The summed E-state index contributed by atoms with van der Waals surface area (Å²) in [4.78, 5) is 4.68. The van der Waals surface area contributed by atoms with E-state index in [1.807, 2.05) is 39.0 Å². The predicted octanol–water partition coefficient (Wildman–Crippen LogP) is 4.83. The average Bonchev–Trinajstić information content (AvgIpc) is 2.72. The van der Waals surface area contributed by atoms with Crippen molar-refractivity contribution in [1.29, 1.82) is 0 Å². The van der Waals surface area contributed by atoms with Crippen molar-refractivity contribution in [3.8, 4) is 11.5 Å². The molecule has 0 aliphatic carbocycles. The van der Waals surface area contributed by atoms with Crippen LogP contribution in [0.1, 0.15) is 31.9 Å². The maximum absolute atomic E-state index is 5.64. The zero-order valence-corrected chi connectivity index (χ0v) is 20.0. The van der Waals surface area contributed by atoms with Crippen LogP contribution in [-0.2, 0) is 17.9 Å². The molecule has 7 heteroatoms. The molecule has 0 saturated carbocycles. The molecule has 0 bridgehead atoms. The molecule has 6 nitrogen and oxygen atoms in total. The molecule has 0 heterocycles. The molecule has 160 valence electrons. The molecule has 0 aliphatic rings. The molecule has 0 unspecified atom stereocenters. The molecule has 2 aromatic rings. The van der Waals surface area contributed by atoms with Crippen molar-refractivity contribution in [3.05, 3.63) is 53.6 Å². The quantitative estimate of drug-likeness (QED) is 0.271. The average molecular weight is 513 g/mol. The van der Waals surface area contributed by atoms with Gasteiger partial charge in [0.05, 0.1) is 26.9 Å². The molecule has 0 spiro atoms. The Hall–Kier alpha value is -2.00. The number of benzene rings is 2. The normalized spacial score (nSPS) is 10.8. The number of rotatable bonds is 10. The lowest BCUT2D eigenvalue weighted by Crippen LogP contribution is -2.30. The van der Waals surface area contributed by atoms with Gasteiger partial charge in [-0.25, -0.2) is 4.99 Å². The van der Waals surface area contributed by atoms with Crippen molar-refractivity contribution in [2.75, 3.05) is 32.2 Å². The second-order valence-corrected chi connectivity index (χ2v) is 6.07.